The van der Waals surface area contributed by atoms with Crippen LogP contribution in [-0.2, 0) is 10.9 Å². The van der Waals surface area contributed by atoms with Crippen LogP contribution >= 0.6 is 0 Å². The summed E-state index contributed by atoms with van der Waals surface area (Å²) in [5.74, 6) is 2.17. The molecule has 1 aromatic carbocycles. The second-order valence-electron chi connectivity index (χ2n) is 8.72. The summed E-state index contributed by atoms with van der Waals surface area (Å²) in [6.07, 6.45) is -3.21. The predicted molar refractivity (Wildman–Crippen MR) is 110 cm³/mol. The first-order chi connectivity index (χ1) is 15.5. The number of nitrogens with one attached hydrogen (secondary N) is 2. The van der Waals surface area contributed by atoms with E-state index >= 15 is 0 Å². The standard InChI is InChI=1S/C22H22F3N5O2/c23-22(24,25)18-5-15-20(28-18)26-11-27-21(15)29-19-14-3-1-2-4-17(14)32-10-16(19)30-6-12-8-31-9-13(12)7-30/h1-5,11-13,16,19H,6-10H2,(H2,26,27,28,29)/t12-,13?,16?,19?/m1/s1. The summed E-state index contributed by atoms with van der Waals surface area (Å²) < 4.78 is 51.5. The van der Waals surface area contributed by atoms with E-state index < -0.39 is 11.9 Å². The molecule has 0 bridgehead atoms. The highest BCUT2D eigenvalue weighted by molar-refractivity contribution is 5.88. The van der Waals surface area contributed by atoms with Crippen molar-refractivity contribution in [3.05, 3.63) is 47.9 Å². The van der Waals surface area contributed by atoms with Crippen LogP contribution in [-0.4, -0.2) is 58.8 Å². The fourth-order valence-corrected chi connectivity index (χ4v) is 5.19. The molecule has 3 aliphatic heterocycles. The molecule has 168 valence electrons. The van der Waals surface area contributed by atoms with Crippen molar-refractivity contribution < 1.29 is 22.6 Å². The van der Waals surface area contributed by atoms with Crippen molar-refractivity contribution >= 4 is 16.9 Å². The molecule has 0 radical (unpaired) electrons. The van der Waals surface area contributed by atoms with Gasteiger partial charge in [-0.05, 0) is 12.1 Å². The summed E-state index contributed by atoms with van der Waals surface area (Å²) in [6, 6.07) is 8.66. The van der Waals surface area contributed by atoms with E-state index in [9.17, 15) is 13.2 Å². The molecular formula is C22H22F3N5O2. The molecule has 6 rings (SSSR count). The Hall–Kier alpha value is -2.85. The van der Waals surface area contributed by atoms with Crippen LogP contribution in [0.1, 0.15) is 17.3 Å². The molecule has 32 heavy (non-hydrogen) atoms. The van der Waals surface area contributed by atoms with E-state index in [-0.39, 0.29) is 17.7 Å². The zero-order valence-corrected chi connectivity index (χ0v) is 17.1. The van der Waals surface area contributed by atoms with Gasteiger partial charge < -0.3 is 19.8 Å². The quantitative estimate of drug-likeness (QED) is 0.643. The Kier molecular flexibility index (Phi) is 4.55. The van der Waals surface area contributed by atoms with Crippen LogP contribution in [0.2, 0.25) is 0 Å². The summed E-state index contributed by atoms with van der Waals surface area (Å²) in [5, 5.41) is 3.76. The lowest BCUT2D eigenvalue weighted by Gasteiger charge is -2.39. The van der Waals surface area contributed by atoms with Gasteiger partial charge in [-0.3, -0.25) is 4.90 Å². The molecule has 2 saturated heterocycles. The van der Waals surface area contributed by atoms with Gasteiger partial charge in [0.25, 0.3) is 0 Å². The van der Waals surface area contributed by atoms with Crippen LogP contribution < -0.4 is 10.1 Å². The van der Waals surface area contributed by atoms with E-state index in [0.29, 0.717) is 29.6 Å². The van der Waals surface area contributed by atoms with Crippen molar-refractivity contribution in [2.75, 3.05) is 38.2 Å². The zero-order valence-electron chi connectivity index (χ0n) is 17.1. The Morgan fingerprint density at radius 3 is 2.62 bits per heavy atom. The third kappa shape index (κ3) is 3.29. The van der Waals surface area contributed by atoms with Crippen molar-refractivity contribution in [1.29, 1.82) is 0 Å². The van der Waals surface area contributed by atoms with Crippen LogP contribution in [0.15, 0.2) is 36.7 Å². The molecule has 2 fully saturated rings. The second kappa shape index (κ2) is 7.35. The molecule has 2 N–H and O–H groups in total. The summed E-state index contributed by atoms with van der Waals surface area (Å²) in [5.41, 5.74) is 0.280. The van der Waals surface area contributed by atoms with Gasteiger partial charge in [-0.1, -0.05) is 18.2 Å². The summed E-state index contributed by atoms with van der Waals surface area (Å²) in [6.45, 7) is 3.88. The number of ether oxygens (including phenoxy) is 2. The number of benzene rings is 1. The van der Waals surface area contributed by atoms with Gasteiger partial charge in [-0.15, -0.1) is 0 Å². The van der Waals surface area contributed by atoms with Gasteiger partial charge in [-0.2, -0.15) is 13.2 Å². The van der Waals surface area contributed by atoms with Gasteiger partial charge in [-0.25, -0.2) is 9.97 Å². The summed E-state index contributed by atoms with van der Waals surface area (Å²) in [4.78, 5) is 13.1. The number of rotatable bonds is 3. The number of hydrogen-bond donors (Lipinski definition) is 2. The monoisotopic (exact) mass is 445 g/mol. The van der Waals surface area contributed by atoms with Crippen LogP contribution in [0.5, 0.6) is 5.75 Å². The lowest BCUT2D eigenvalue weighted by Crippen LogP contribution is -2.47. The minimum absolute atomic E-state index is 0.0153. The minimum atomic E-state index is -4.48. The Morgan fingerprint density at radius 2 is 1.84 bits per heavy atom. The lowest BCUT2D eigenvalue weighted by atomic mass is 9.95. The number of H-pyrrole nitrogens is 1. The summed E-state index contributed by atoms with van der Waals surface area (Å²) >= 11 is 0. The van der Waals surface area contributed by atoms with Gasteiger partial charge in [0.2, 0.25) is 0 Å². The largest absolute Gasteiger partial charge is 0.491 e. The van der Waals surface area contributed by atoms with Crippen molar-refractivity contribution in [2.45, 2.75) is 18.3 Å². The third-order valence-corrected chi connectivity index (χ3v) is 6.81. The van der Waals surface area contributed by atoms with Crippen molar-refractivity contribution in [3.8, 4) is 5.75 Å². The molecule has 3 aromatic rings. The van der Waals surface area contributed by atoms with E-state index in [0.717, 1.165) is 43.7 Å². The highest BCUT2D eigenvalue weighted by Gasteiger charge is 2.44. The SMILES string of the molecule is FC(F)(F)c1cc2c(NC3c4ccccc4OCC3N3CC4COC[C@H]4C3)ncnc2[nH]1. The predicted octanol–water partition coefficient (Wildman–Crippen LogP) is 3.47. The average molecular weight is 445 g/mol. The van der Waals surface area contributed by atoms with E-state index in [2.05, 4.69) is 25.2 Å². The number of aromatic nitrogens is 3. The van der Waals surface area contributed by atoms with Crippen molar-refractivity contribution in [1.82, 2.24) is 19.9 Å². The molecule has 10 heteroatoms. The molecule has 4 atom stereocenters. The maximum absolute atomic E-state index is 13.3. The highest BCUT2D eigenvalue weighted by Crippen LogP contribution is 2.41. The van der Waals surface area contributed by atoms with Gasteiger partial charge >= 0.3 is 6.18 Å². The van der Waals surface area contributed by atoms with Crippen LogP contribution in [0.4, 0.5) is 19.0 Å². The Balaban J connectivity index is 1.37. The van der Waals surface area contributed by atoms with E-state index in [1.165, 1.54) is 6.33 Å². The Morgan fingerprint density at radius 1 is 1.06 bits per heavy atom. The number of anilines is 1. The Bertz CT molecular complexity index is 1140. The number of alkyl halides is 3. The molecule has 7 nitrogen and oxygen atoms in total. The number of para-hydroxylation sites is 1. The van der Waals surface area contributed by atoms with Crippen molar-refractivity contribution in [3.63, 3.8) is 0 Å². The molecule has 3 unspecified atom stereocenters. The molecule has 3 aliphatic rings. The number of nitrogens with zero attached hydrogens (tertiary/aromatic N) is 3. The summed E-state index contributed by atoms with van der Waals surface area (Å²) in [7, 11) is 0. The zero-order chi connectivity index (χ0) is 21.9. The minimum Gasteiger partial charge on any atom is -0.491 e. The van der Waals surface area contributed by atoms with Crippen LogP contribution in [0.25, 0.3) is 11.0 Å². The van der Waals surface area contributed by atoms with E-state index in [1.807, 2.05) is 24.3 Å². The topological polar surface area (TPSA) is 75.3 Å². The van der Waals surface area contributed by atoms with Gasteiger partial charge in [0.05, 0.1) is 30.7 Å². The molecule has 2 aromatic heterocycles. The highest BCUT2D eigenvalue weighted by atomic mass is 19.4. The fraction of sp³-hybridized carbons (Fsp3) is 0.455. The van der Waals surface area contributed by atoms with Gasteiger partial charge in [0, 0.05) is 30.5 Å². The first-order valence-electron chi connectivity index (χ1n) is 10.7. The van der Waals surface area contributed by atoms with Crippen molar-refractivity contribution in [2.24, 2.45) is 11.8 Å². The molecular weight excluding hydrogens is 423 g/mol. The number of likely N-dealkylation sites (tertiary alicyclic amines) is 1. The van der Waals surface area contributed by atoms with Gasteiger partial charge in [0.15, 0.2) is 0 Å². The smallest absolute Gasteiger partial charge is 0.431 e. The third-order valence-electron chi connectivity index (χ3n) is 6.81. The van der Waals surface area contributed by atoms with Crippen LogP contribution in [0, 0.1) is 11.8 Å². The molecule has 5 heterocycles. The fourth-order valence-electron chi connectivity index (χ4n) is 5.19. The Labute approximate surface area is 181 Å². The molecule has 0 saturated carbocycles. The molecule has 0 amide bonds. The number of aromatic amines is 1. The molecule has 0 spiro atoms. The number of hydrogen-bond acceptors (Lipinski definition) is 6. The lowest BCUT2D eigenvalue weighted by molar-refractivity contribution is -0.140. The molecule has 0 aliphatic carbocycles. The van der Waals surface area contributed by atoms with E-state index in [1.54, 1.807) is 0 Å². The van der Waals surface area contributed by atoms with E-state index in [4.69, 9.17) is 9.47 Å². The average Bonchev–Trinajstić information content (AvgIpc) is 3.48. The first-order valence-corrected chi connectivity index (χ1v) is 10.7. The normalized spacial score (nSPS) is 27.8. The maximum Gasteiger partial charge on any atom is 0.431 e. The van der Waals surface area contributed by atoms with Crippen LogP contribution in [0.3, 0.4) is 0 Å². The maximum atomic E-state index is 13.3. The first kappa shape index (κ1) is 19.8. The number of fused-ring (bicyclic) bond motifs is 3. The second-order valence-corrected chi connectivity index (χ2v) is 8.72. The number of halogens is 3. The van der Waals surface area contributed by atoms with Gasteiger partial charge in [0.1, 0.15) is 35.8 Å².